The minimum Gasteiger partial charge on any atom is -0.393 e. The monoisotopic (exact) mass is 174 g/mol. The molecule has 0 aliphatic carbocycles. The van der Waals surface area contributed by atoms with Crippen molar-refractivity contribution in [3.63, 3.8) is 0 Å². The van der Waals surface area contributed by atoms with Gasteiger partial charge in [-0.05, 0) is 0 Å². The Morgan fingerprint density at radius 2 is 2.09 bits per heavy atom. The Bertz CT molecular complexity index is 177. The lowest BCUT2D eigenvalue weighted by molar-refractivity contribution is -0.119. The molecule has 0 heterocycles. The lowest BCUT2D eigenvalue weighted by Crippen LogP contribution is -2.40. The van der Waals surface area contributed by atoms with Crippen LogP contribution in [0, 0.1) is 5.41 Å². The van der Waals surface area contributed by atoms with Gasteiger partial charge in [0.1, 0.15) is 0 Å². The zero-order valence-electron chi connectivity index (χ0n) is 7.10. The Balaban J connectivity index is 3.92. The maximum atomic E-state index is 10.5. The van der Waals surface area contributed by atoms with Crippen LogP contribution in [-0.2, 0) is 4.79 Å². The maximum absolute atomic E-state index is 10.5. The van der Waals surface area contributed by atoms with Crippen molar-refractivity contribution in [1.82, 2.24) is 5.32 Å². The predicted molar refractivity (Wildman–Crippen MR) is 49.3 cm³/mol. The van der Waals surface area contributed by atoms with Crippen molar-refractivity contribution in [3.05, 3.63) is 0 Å². The van der Waals surface area contributed by atoms with E-state index in [9.17, 15) is 4.79 Å². The third-order valence-electron chi connectivity index (χ3n) is 1.45. The molecule has 0 unspecified atom stereocenters. The van der Waals surface area contributed by atoms with Gasteiger partial charge >= 0.3 is 0 Å². The average molecular weight is 174 g/mol. The van der Waals surface area contributed by atoms with Gasteiger partial charge in [-0.3, -0.25) is 4.79 Å². The van der Waals surface area contributed by atoms with E-state index < -0.39 is 0 Å². The Hall–Kier alpha value is -0.640. The molecule has 3 N–H and O–H groups in total. The quantitative estimate of drug-likeness (QED) is 0.610. The van der Waals surface area contributed by atoms with Gasteiger partial charge in [0.25, 0.3) is 0 Å². The van der Waals surface area contributed by atoms with Crippen molar-refractivity contribution in [2.45, 2.75) is 20.8 Å². The molecule has 64 valence electrons. The van der Waals surface area contributed by atoms with Crippen LogP contribution in [0.15, 0.2) is 0 Å². The second-order valence-electron chi connectivity index (χ2n) is 3.16. The molecule has 0 saturated heterocycles. The number of rotatable bonds is 3. The summed E-state index contributed by atoms with van der Waals surface area (Å²) in [5, 5.41) is 2.66. The van der Waals surface area contributed by atoms with Crippen LogP contribution in [0.5, 0.6) is 0 Å². The first kappa shape index (κ1) is 10.4. The van der Waals surface area contributed by atoms with Crippen LogP contribution in [0.3, 0.4) is 0 Å². The number of hydrogen-bond acceptors (Lipinski definition) is 2. The number of thiocarbonyl (C=S) groups is 1. The van der Waals surface area contributed by atoms with Crippen molar-refractivity contribution >= 4 is 23.1 Å². The molecule has 0 rings (SSSR count). The summed E-state index contributed by atoms with van der Waals surface area (Å²) in [6.07, 6.45) is 0. The fourth-order valence-corrected chi connectivity index (χ4v) is 0.505. The van der Waals surface area contributed by atoms with Crippen LogP contribution in [0.4, 0.5) is 0 Å². The SMILES string of the molecule is CC(=O)NCC(C)(C)C(N)=S. The fraction of sp³-hybridized carbons (Fsp3) is 0.714. The van der Waals surface area contributed by atoms with E-state index in [0.29, 0.717) is 11.5 Å². The molecule has 0 aromatic rings. The van der Waals surface area contributed by atoms with E-state index >= 15 is 0 Å². The molecule has 1 amide bonds. The summed E-state index contributed by atoms with van der Waals surface area (Å²) in [6.45, 7) is 5.75. The van der Waals surface area contributed by atoms with Gasteiger partial charge in [-0.2, -0.15) is 0 Å². The normalized spacial score (nSPS) is 10.8. The number of carbonyl (C=O) groups is 1. The van der Waals surface area contributed by atoms with Gasteiger partial charge in [0.2, 0.25) is 5.91 Å². The Labute approximate surface area is 72.3 Å². The van der Waals surface area contributed by atoms with E-state index in [0.717, 1.165) is 0 Å². The lowest BCUT2D eigenvalue weighted by Gasteiger charge is -2.22. The molecule has 0 saturated carbocycles. The van der Waals surface area contributed by atoms with E-state index in [1.165, 1.54) is 6.92 Å². The molecule has 0 radical (unpaired) electrons. The highest BCUT2D eigenvalue weighted by molar-refractivity contribution is 7.80. The number of amides is 1. The summed E-state index contributed by atoms with van der Waals surface area (Å²) >= 11 is 4.81. The van der Waals surface area contributed by atoms with Gasteiger partial charge < -0.3 is 11.1 Å². The standard InChI is InChI=1S/C7H14N2OS/c1-5(10)9-4-7(2,3)6(8)11/h4H2,1-3H3,(H2,8,11)(H,9,10). The van der Waals surface area contributed by atoms with E-state index in [-0.39, 0.29) is 11.3 Å². The lowest BCUT2D eigenvalue weighted by atomic mass is 9.94. The molecular formula is C7H14N2OS. The molecule has 0 aromatic carbocycles. The summed E-state index contributed by atoms with van der Waals surface area (Å²) in [4.78, 5) is 10.9. The maximum Gasteiger partial charge on any atom is 0.216 e. The average Bonchev–Trinajstić information content (AvgIpc) is 1.84. The molecule has 0 aromatic heterocycles. The number of hydrogen-bond donors (Lipinski definition) is 2. The van der Waals surface area contributed by atoms with E-state index in [2.05, 4.69) is 5.32 Å². The van der Waals surface area contributed by atoms with Crippen LogP contribution >= 0.6 is 12.2 Å². The van der Waals surface area contributed by atoms with Crippen molar-refractivity contribution in [1.29, 1.82) is 0 Å². The van der Waals surface area contributed by atoms with E-state index in [4.69, 9.17) is 18.0 Å². The molecule has 11 heavy (non-hydrogen) atoms. The minimum atomic E-state index is -0.291. The summed E-state index contributed by atoms with van der Waals surface area (Å²) < 4.78 is 0. The Kier molecular flexibility index (Phi) is 3.45. The summed E-state index contributed by atoms with van der Waals surface area (Å²) in [6, 6.07) is 0. The summed E-state index contributed by atoms with van der Waals surface area (Å²) in [5.74, 6) is -0.0608. The second kappa shape index (κ2) is 3.67. The third-order valence-corrected chi connectivity index (χ3v) is 2.00. The number of nitrogens with one attached hydrogen (secondary N) is 1. The van der Waals surface area contributed by atoms with Crippen LogP contribution < -0.4 is 11.1 Å². The van der Waals surface area contributed by atoms with Crippen molar-refractivity contribution < 1.29 is 4.79 Å². The third kappa shape index (κ3) is 3.93. The van der Waals surface area contributed by atoms with Gasteiger partial charge in [0.05, 0.1) is 4.99 Å². The largest absolute Gasteiger partial charge is 0.393 e. The van der Waals surface area contributed by atoms with E-state index in [1.54, 1.807) is 0 Å². The molecule has 0 bridgehead atoms. The molecule has 0 fully saturated rings. The number of nitrogens with two attached hydrogens (primary N) is 1. The molecular weight excluding hydrogens is 160 g/mol. The smallest absolute Gasteiger partial charge is 0.216 e. The topological polar surface area (TPSA) is 55.1 Å². The summed E-state index contributed by atoms with van der Waals surface area (Å²) in [7, 11) is 0. The predicted octanol–water partition coefficient (Wildman–Crippen LogP) is 0.435. The Morgan fingerprint density at radius 1 is 1.64 bits per heavy atom. The van der Waals surface area contributed by atoms with Gasteiger partial charge in [-0.25, -0.2) is 0 Å². The van der Waals surface area contributed by atoms with E-state index in [1.807, 2.05) is 13.8 Å². The Morgan fingerprint density at radius 3 is 2.36 bits per heavy atom. The van der Waals surface area contributed by atoms with Crippen molar-refractivity contribution in [3.8, 4) is 0 Å². The van der Waals surface area contributed by atoms with Crippen LogP contribution in [0.25, 0.3) is 0 Å². The molecule has 3 nitrogen and oxygen atoms in total. The highest BCUT2D eigenvalue weighted by Gasteiger charge is 2.20. The highest BCUT2D eigenvalue weighted by Crippen LogP contribution is 2.12. The number of carbonyl (C=O) groups excluding carboxylic acids is 1. The molecule has 0 spiro atoms. The fourth-order valence-electron chi connectivity index (χ4n) is 0.433. The molecule has 4 heteroatoms. The van der Waals surface area contributed by atoms with Gasteiger partial charge in [0, 0.05) is 18.9 Å². The van der Waals surface area contributed by atoms with Crippen molar-refractivity contribution in [2.75, 3.05) is 6.54 Å². The first-order chi connectivity index (χ1) is 4.86. The van der Waals surface area contributed by atoms with Crippen molar-refractivity contribution in [2.24, 2.45) is 11.1 Å². The summed E-state index contributed by atoms with van der Waals surface area (Å²) in [5.41, 5.74) is 5.15. The minimum absolute atomic E-state index is 0.0608. The zero-order chi connectivity index (χ0) is 9.07. The first-order valence-electron chi connectivity index (χ1n) is 3.40. The van der Waals surface area contributed by atoms with Gasteiger partial charge in [0.15, 0.2) is 0 Å². The van der Waals surface area contributed by atoms with Gasteiger partial charge in [-0.15, -0.1) is 0 Å². The van der Waals surface area contributed by atoms with Crippen LogP contribution in [0.1, 0.15) is 20.8 Å². The molecule has 0 aliphatic heterocycles. The molecule has 0 aliphatic rings. The first-order valence-corrected chi connectivity index (χ1v) is 3.81. The zero-order valence-corrected chi connectivity index (χ0v) is 7.92. The highest BCUT2D eigenvalue weighted by atomic mass is 32.1. The van der Waals surface area contributed by atoms with Gasteiger partial charge in [-0.1, -0.05) is 26.1 Å². The van der Waals surface area contributed by atoms with Crippen LogP contribution in [0.2, 0.25) is 0 Å². The second-order valence-corrected chi connectivity index (χ2v) is 3.60. The van der Waals surface area contributed by atoms with Crippen LogP contribution in [-0.4, -0.2) is 17.4 Å². The molecule has 0 atom stereocenters.